The maximum absolute atomic E-state index is 5.94. The molecule has 1 aliphatic rings. The minimum Gasteiger partial charge on any atom is -0.247 e. The Hall–Kier alpha value is 0.280. The molecule has 0 amide bonds. The average Bonchev–Trinajstić information content (AvgIpc) is 1.96. The molecule has 0 saturated heterocycles. The van der Waals surface area contributed by atoms with Crippen molar-refractivity contribution in [2.45, 2.75) is 11.3 Å². The number of alkyl halides is 2. The summed E-state index contributed by atoms with van der Waals surface area (Å²) in [5.74, 6) is 0.360. The molecular formula is C6H6Cl3N. The van der Waals surface area contributed by atoms with Gasteiger partial charge < -0.3 is 0 Å². The van der Waals surface area contributed by atoms with Crippen molar-refractivity contribution in [2.24, 2.45) is 4.99 Å². The van der Waals surface area contributed by atoms with E-state index in [1.165, 1.54) is 0 Å². The zero-order valence-electron chi connectivity index (χ0n) is 5.15. The van der Waals surface area contributed by atoms with Gasteiger partial charge in [0, 0.05) is 12.1 Å². The van der Waals surface area contributed by atoms with E-state index in [0.29, 0.717) is 17.5 Å². The van der Waals surface area contributed by atoms with Gasteiger partial charge in [-0.3, -0.25) is 0 Å². The summed E-state index contributed by atoms with van der Waals surface area (Å²) < 4.78 is 0. The molecule has 10 heavy (non-hydrogen) atoms. The van der Waals surface area contributed by atoms with Crippen LogP contribution >= 0.6 is 34.8 Å². The van der Waals surface area contributed by atoms with Gasteiger partial charge in [-0.25, -0.2) is 4.99 Å². The zero-order chi connectivity index (χ0) is 7.61. The molecule has 0 aromatic heterocycles. The van der Waals surface area contributed by atoms with Crippen LogP contribution in [-0.2, 0) is 0 Å². The molecule has 0 radical (unpaired) electrons. The standard InChI is InChI=1S/C6H6Cl3N/c7-3-6(9)2-1-5(8)10-4-6/h1,4H,2-3H2. The van der Waals surface area contributed by atoms with Gasteiger partial charge in [-0.05, 0) is 12.5 Å². The fraction of sp³-hybridized carbons (Fsp3) is 0.500. The lowest BCUT2D eigenvalue weighted by Crippen LogP contribution is -2.26. The first-order valence-electron chi connectivity index (χ1n) is 2.82. The molecule has 56 valence electrons. The molecule has 1 rings (SSSR count). The van der Waals surface area contributed by atoms with E-state index >= 15 is 0 Å². The second-order valence-electron chi connectivity index (χ2n) is 2.16. The third kappa shape index (κ3) is 1.88. The molecule has 0 spiro atoms. The molecule has 0 saturated carbocycles. The van der Waals surface area contributed by atoms with Gasteiger partial charge >= 0.3 is 0 Å². The number of nitrogens with zero attached hydrogens (tertiary/aromatic N) is 1. The minimum atomic E-state index is -0.514. The number of allylic oxidation sites excluding steroid dienone is 1. The van der Waals surface area contributed by atoms with Crippen molar-refractivity contribution in [3.05, 3.63) is 11.2 Å². The number of rotatable bonds is 1. The van der Waals surface area contributed by atoms with E-state index in [1.807, 2.05) is 0 Å². The summed E-state index contributed by atoms with van der Waals surface area (Å²) in [6, 6.07) is 0. The van der Waals surface area contributed by atoms with Gasteiger partial charge in [-0.1, -0.05) is 11.6 Å². The number of hydrogen-bond acceptors (Lipinski definition) is 1. The van der Waals surface area contributed by atoms with E-state index in [4.69, 9.17) is 34.8 Å². The second kappa shape index (κ2) is 3.12. The lowest BCUT2D eigenvalue weighted by molar-refractivity contribution is 0.844. The van der Waals surface area contributed by atoms with Crippen LogP contribution in [0, 0.1) is 0 Å². The van der Waals surface area contributed by atoms with Gasteiger partial charge in [0.05, 0.1) is 4.87 Å². The van der Waals surface area contributed by atoms with E-state index in [9.17, 15) is 0 Å². The summed E-state index contributed by atoms with van der Waals surface area (Å²) in [4.78, 5) is 3.33. The molecule has 1 nitrogen and oxygen atoms in total. The summed E-state index contributed by atoms with van der Waals surface area (Å²) in [5.41, 5.74) is 0. The van der Waals surface area contributed by atoms with Crippen LogP contribution in [-0.4, -0.2) is 17.0 Å². The van der Waals surface area contributed by atoms with Crippen molar-refractivity contribution in [3.63, 3.8) is 0 Å². The van der Waals surface area contributed by atoms with Crippen LogP contribution in [0.1, 0.15) is 6.42 Å². The predicted molar refractivity (Wildman–Crippen MR) is 46.3 cm³/mol. The summed E-state index contributed by atoms with van der Waals surface area (Å²) in [5, 5.41) is 0.487. The van der Waals surface area contributed by atoms with Crippen molar-refractivity contribution in [2.75, 3.05) is 5.88 Å². The Bertz CT molecular complexity index is 187. The molecule has 1 heterocycles. The van der Waals surface area contributed by atoms with Gasteiger partial charge in [0.15, 0.2) is 0 Å². The van der Waals surface area contributed by atoms with E-state index in [0.717, 1.165) is 0 Å². The van der Waals surface area contributed by atoms with Crippen molar-refractivity contribution in [1.29, 1.82) is 0 Å². The van der Waals surface area contributed by atoms with Crippen LogP contribution in [0.25, 0.3) is 0 Å². The van der Waals surface area contributed by atoms with Crippen LogP contribution in [0.2, 0.25) is 0 Å². The normalized spacial score (nSPS) is 32.1. The van der Waals surface area contributed by atoms with E-state index in [1.54, 1.807) is 12.3 Å². The topological polar surface area (TPSA) is 12.4 Å². The van der Waals surface area contributed by atoms with Crippen molar-refractivity contribution in [1.82, 2.24) is 0 Å². The lowest BCUT2D eigenvalue weighted by atomic mass is 10.1. The largest absolute Gasteiger partial charge is 0.247 e. The van der Waals surface area contributed by atoms with E-state index in [-0.39, 0.29) is 0 Å². The minimum absolute atomic E-state index is 0.360. The molecule has 0 aliphatic carbocycles. The first-order valence-corrected chi connectivity index (χ1v) is 4.11. The molecule has 1 aliphatic heterocycles. The molecule has 0 aromatic rings. The third-order valence-corrected chi connectivity index (χ3v) is 2.50. The highest BCUT2D eigenvalue weighted by Crippen LogP contribution is 2.26. The Morgan fingerprint density at radius 2 is 2.40 bits per heavy atom. The molecule has 1 atom stereocenters. The molecular weight excluding hydrogens is 192 g/mol. The molecule has 4 heteroatoms. The van der Waals surface area contributed by atoms with Gasteiger partial charge in [0.2, 0.25) is 0 Å². The fourth-order valence-electron chi connectivity index (χ4n) is 0.626. The van der Waals surface area contributed by atoms with Crippen LogP contribution in [0.3, 0.4) is 0 Å². The van der Waals surface area contributed by atoms with Crippen molar-refractivity contribution in [3.8, 4) is 0 Å². The summed E-state index contributed by atoms with van der Waals surface area (Å²) >= 11 is 17.1. The number of aliphatic imine (C=N–C) groups is 1. The monoisotopic (exact) mass is 197 g/mol. The summed E-state index contributed by atoms with van der Waals surface area (Å²) in [7, 11) is 0. The third-order valence-electron chi connectivity index (χ3n) is 1.25. The van der Waals surface area contributed by atoms with Crippen LogP contribution in [0.15, 0.2) is 16.2 Å². The average molecular weight is 198 g/mol. The highest BCUT2D eigenvalue weighted by molar-refractivity contribution is 6.39. The van der Waals surface area contributed by atoms with Gasteiger partial charge in [0.25, 0.3) is 0 Å². The smallest absolute Gasteiger partial charge is 0.124 e. The Morgan fingerprint density at radius 3 is 2.80 bits per heavy atom. The van der Waals surface area contributed by atoms with Gasteiger partial charge in [-0.2, -0.15) is 0 Å². The van der Waals surface area contributed by atoms with E-state index in [2.05, 4.69) is 4.99 Å². The molecule has 0 fully saturated rings. The molecule has 0 aromatic carbocycles. The maximum atomic E-state index is 5.94. The first-order chi connectivity index (χ1) is 4.66. The summed E-state index contributed by atoms with van der Waals surface area (Å²) in [6.07, 6.45) is 4.00. The Kier molecular flexibility index (Phi) is 2.61. The highest BCUT2D eigenvalue weighted by Gasteiger charge is 2.24. The van der Waals surface area contributed by atoms with E-state index < -0.39 is 4.87 Å². The Balaban J connectivity index is 2.67. The van der Waals surface area contributed by atoms with Gasteiger partial charge in [-0.15, -0.1) is 23.2 Å². The SMILES string of the molecule is ClCC1(Cl)C=NC(Cl)=CC1. The Morgan fingerprint density at radius 1 is 1.70 bits per heavy atom. The molecule has 1 unspecified atom stereocenters. The quantitative estimate of drug-likeness (QED) is 0.454. The predicted octanol–water partition coefficient (Wildman–Crippen LogP) is 2.76. The fourth-order valence-corrected chi connectivity index (χ4v) is 1.06. The highest BCUT2D eigenvalue weighted by atomic mass is 35.5. The summed E-state index contributed by atoms with van der Waals surface area (Å²) in [6.45, 7) is 0. The number of hydrogen-bond donors (Lipinski definition) is 0. The van der Waals surface area contributed by atoms with Gasteiger partial charge in [0.1, 0.15) is 5.16 Å². The van der Waals surface area contributed by atoms with Crippen LogP contribution in [0.5, 0.6) is 0 Å². The Labute approximate surface area is 74.7 Å². The van der Waals surface area contributed by atoms with Crippen molar-refractivity contribution < 1.29 is 0 Å². The molecule has 0 N–H and O–H groups in total. The zero-order valence-corrected chi connectivity index (χ0v) is 7.42. The van der Waals surface area contributed by atoms with Crippen molar-refractivity contribution >= 4 is 41.0 Å². The first kappa shape index (κ1) is 8.38. The maximum Gasteiger partial charge on any atom is 0.124 e. The second-order valence-corrected chi connectivity index (χ2v) is 3.56. The lowest BCUT2D eigenvalue weighted by Gasteiger charge is -2.19. The number of halogens is 3. The molecule has 0 bridgehead atoms. The van der Waals surface area contributed by atoms with Crippen LogP contribution < -0.4 is 0 Å². The van der Waals surface area contributed by atoms with Crippen LogP contribution in [0.4, 0.5) is 0 Å².